The monoisotopic (exact) mass is 340 g/mol. The molecule has 1 aliphatic heterocycles. The number of rotatable bonds is 6. The number of aliphatic hydroxyl groups is 1. The number of aromatic nitrogens is 2. The number of carbonyl (C=O) groups is 1. The van der Waals surface area contributed by atoms with Gasteiger partial charge in [-0.25, -0.2) is 4.79 Å². The zero-order chi connectivity index (χ0) is 17.9. The van der Waals surface area contributed by atoms with Crippen LogP contribution in [-0.2, 0) is 14.3 Å². The smallest absolute Gasteiger partial charge is 0.351 e. The standard InChI is InChI=1S/C15H24N4O5/c1-8(2)13(17)14(21)23-7-9-5-12(24-10(9)6-20)19-4-3-11(16)18-15(19)22/h3-4,8-10,12-13,20H,5-7,17H2,1-2H3,(H2,16,18,22)/t9?,10?,12?,13-/m0/s1. The molecular weight excluding hydrogens is 316 g/mol. The maximum atomic E-state index is 11.9. The van der Waals surface area contributed by atoms with E-state index in [2.05, 4.69) is 4.98 Å². The van der Waals surface area contributed by atoms with Gasteiger partial charge in [-0.15, -0.1) is 0 Å². The summed E-state index contributed by atoms with van der Waals surface area (Å²) in [6, 6.07) is 0.799. The van der Waals surface area contributed by atoms with Crippen molar-refractivity contribution in [3.8, 4) is 0 Å². The van der Waals surface area contributed by atoms with Crippen LogP contribution < -0.4 is 17.2 Å². The summed E-state index contributed by atoms with van der Waals surface area (Å²) in [5.41, 5.74) is 10.7. The molecule has 0 radical (unpaired) electrons. The highest BCUT2D eigenvalue weighted by atomic mass is 16.5. The number of esters is 1. The van der Waals surface area contributed by atoms with Gasteiger partial charge in [0.25, 0.3) is 0 Å². The molecule has 9 heteroatoms. The van der Waals surface area contributed by atoms with Crippen LogP contribution in [0.5, 0.6) is 0 Å². The van der Waals surface area contributed by atoms with E-state index in [0.717, 1.165) is 0 Å². The second kappa shape index (κ2) is 7.73. The van der Waals surface area contributed by atoms with E-state index >= 15 is 0 Å². The normalized spacial score (nSPS) is 25.0. The SMILES string of the molecule is CC(C)[C@H](N)C(=O)OCC1CC(n2ccc(N)nc2=O)OC1CO. The molecule has 2 heterocycles. The number of carbonyl (C=O) groups excluding carboxylic acids is 1. The van der Waals surface area contributed by atoms with Crippen LogP contribution in [0.15, 0.2) is 17.1 Å². The molecule has 9 nitrogen and oxygen atoms in total. The molecule has 0 aromatic carbocycles. The first-order valence-electron chi connectivity index (χ1n) is 7.86. The largest absolute Gasteiger partial charge is 0.464 e. The first kappa shape index (κ1) is 18.4. The predicted molar refractivity (Wildman–Crippen MR) is 85.8 cm³/mol. The van der Waals surface area contributed by atoms with Gasteiger partial charge in [0.1, 0.15) is 18.1 Å². The lowest BCUT2D eigenvalue weighted by molar-refractivity contribution is -0.148. The molecular formula is C15H24N4O5. The summed E-state index contributed by atoms with van der Waals surface area (Å²) in [5.74, 6) is -0.636. The van der Waals surface area contributed by atoms with Gasteiger partial charge >= 0.3 is 11.7 Å². The lowest BCUT2D eigenvalue weighted by Crippen LogP contribution is -2.38. The summed E-state index contributed by atoms with van der Waals surface area (Å²) in [4.78, 5) is 27.4. The molecule has 0 saturated carbocycles. The van der Waals surface area contributed by atoms with Crippen molar-refractivity contribution in [3.63, 3.8) is 0 Å². The van der Waals surface area contributed by atoms with E-state index in [0.29, 0.717) is 6.42 Å². The van der Waals surface area contributed by atoms with Crippen LogP contribution in [0, 0.1) is 11.8 Å². The summed E-state index contributed by atoms with van der Waals surface area (Å²) in [6.45, 7) is 3.49. The molecule has 1 fully saturated rings. The van der Waals surface area contributed by atoms with E-state index in [4.69, 9.17) is 20.9 Å². The Morgan fingerprint density at radius 1 is 1.58 bits per heavy atom. The summed E-state index contributed by atoms with van der Waals surface area (Å²) in [6.07, 6.45) is 0.765. The van der Waals surface area contributed by atoms with Crippen molar-refractivity contribution in [2.24, 2.45) is 17.6 Å². The average Bonchev–Trinajstić information content (AvgIpc) is 2.94. The summed E-state index contributed by atoms with van der Waals surface area (Å²) in [7, 11) is 0. The Hall–Kier alpha value is -1.97. The number of nitrogen functional groups attached to an aromatic ring is 1. The average molecular weight is 340 g/mol. The van der Waals surface area contributed by atoms with Crippen LogP contribution in [0.4, 0.5) is 5.82 Å². The number of aliphatic hydroxyl groups excluding tert-OH is 1. The third-order valence-corrected chi connectivity index (χ3v) is 4.13. The number of hydrogen-bond donors (Lipinski definition) is 3. The van der Waals surface area contributed by atoms with Crippen molar-refractivity contribution in [2.75, 3.05) is 18.9 Å². The lowest BCUT2D eigenvalue weighted by Gasteiger charge is -2.18. The predicted octanol–water partition coefficient (Wildman–Crippen LogP) is -0.752. The zero-order valence-corrected chi connectivity index (χ0v) is 13.8. The minimum Gasteiger partial charge on any atom is -0.464 e. The number of nitrogens with zero attached hydrogens (tertiary/aromatic N) is 2. The third-order valence-electron chi connectivity index (χ3n) is 4.13. The molecule has 1 aromatic heterocycles. The van der Waals surface area contributed by atoms with Crippen molar-refractivity contribution >= 4 is 11.8 Å². The molecule has 3 unspecified atom stereocenters. The quantitative estimate of drug-likeness (QED) is 0.574. The van der Waals surface area contributed by atoms with Crippen molar-refractivity contribution < 1.29 is 19.4 Å². The van der Waals surface area contributed by atoms with E-state index in [1.165, 1.54) is 16.8 Å². The van der Waals surface area contributed by atoms with Crippen LogP contribution in [-0.4, -0.2) is 46.0 Å². The molecule has 0 spiro atoms. The number of ether oxygens (including phenoxy) is 2. The highest BCUT2D eigenvalue weighted by Gasteiger charge is 2.37. The van der Waals surface area contributed by atoms with Gasteiger partial charge in [-0.2, -0.15) is 4.98 Å². The summed E-state index contributed by atoms with van der Waals surface area (Å²) < 4.78 is 12.2. The van der Waals surface area contributed by atoms with E-state index in [-0.39, 0.29) is 30.9 Å². The van der Waals surface area contributed by atoms with Crippen molar-refractivity contribution in [1.29, 1.82) is 0 Å². The summed E-state index contributed by atoms with van der Waals surface area (Å²) in [5, 5.41) is 9.46. The molecule has 0 amide bonds. The lowest BCUT2D eigenvalue weighted by atomic mass is 10.0. The Labute approximate surface area is 139 Å². The van der Waals surface area contributed by atoms with E-state index in [9.17, 15) is 14.7 Å². The number of anilines is 1. The second-order valence-corrected chi connectivity index (χ2v) is 6.25. The van der Waals surface area contributed by atoms with E-state index < -0.39 is 30.0 Å². The van der Waals surface area contributed by atoms with Gasteiger partial charge < -0.3 is 26.0 Å². The first-order valence-corrected chi connectivity index (χ1v) is 7.86. The zero-order valence-electron chi connectivity index (χ0n) is 13.8. The number of hydrogen-bond acceptors (Lipinski definition) is 8. The van der Waals surface area contributed by atoms with Gasteiger partial charge in [0.2, 0.25) is 0 Å². The highest BCUT2D eigenvalue weighted by molar-refractivity contribution is 5.75. The Morgan fingerprint density at radius 2 is 2.29 bits per heavy atom. The maximum Gasteiger partial charge on any atom is 0.351 e. The van der Waals surface area contributed by atoms with Crippen LogP contribution >= 0.6 is 0 Å². The van der Waals surface area contributed by atoms with Crippen LogP contribution in [0.3, 0.4) is 0 Å². The van der Waals surface area contributed by atoms with E-state index in [1.54, 1.807) is 0 Å². The Balaban J connectivity index is 2.01. The van der Waals surface area contributed by atoms with Gasteiger partial charge in [-0.05, 0) is 12.0 Å². The van der Waals surface area contributed by atoms with Crippen LogP contribution in [0.1, 0.15) is 26.5 Å². The molecule has 0 aliphatic carbocycles. The fourth-order valence-corrected chi connectivity index (χ4v) is 2.53. The van der Waals surface area contributed by atoms with Gasteiger partial charge in [0.15, 0.2) is 0 Å². The molecule has 1 saturated heterocycles. The Kier molecular flexibility index (Phi) is 5.92. The maximum absolute atomic E-state index is 11.9. The molecule has 1 aliphatic rings. The highest BCUT2D eigenvalue weighted by Crippen LogP contribution is 2.32. The van der Waals surface area contributed by atoms with Gasteiger partial charge in [-0.3, -0.25) is 9.36 Å². The summed E-state index contributed by atoms with van der Waals surface area (Å²) >= 11 is 0. The fraction of sp³-hybridized carbons (Fsp3) is 0.667. The molecule has 24 heavy (non-hydrogen) atoms. The fourth-order valence-electron chi connectivity index (χ4n) is 2.53. The van der Waals surface area contributed by atoms with Gasteiger partial charge in [0.05, 0.1) is 19.3 Å². The number of nitrogens with two attached hydrogens (primary N) is 2. The Bertz CT molecular complexity index is 633. The second-order valence-electron chi connectivity index (χ2n) is 6.25. The van der Waals surface area contributed by atoms with E-state index in [1.807, 2.05) is 13.8 Å². The molecule has 4 atom stereocenters. The minimum absolute atomic E-state index is 0.0295. The topological polar surface area (TPSA) is 143 Å². The van der Waals surface area contributed by atoms with Crippen LogP contribution in [0.25, 0.3) is 0 Å². The van der Waals surface area contributed by atoms with Gasteiger partial charge in [0, 0.05) is 18.5 Å². The van der Waals surface area contributed by atoms with Crippen molar-refractivity contribution in [3.05, 3.63) is 22.7 Å². The Morgan fingerprint density at radius 3 is 2.88 bits per heavy atom. The first-order chi connectivity index (χ1) is 11.3. The molecule has 134 valence electrons. The van der Waals surface area contributed by atoms with Gasteiger partial charge in [-0.1, -0.05) is 13.8 Å². The minimum atomic E-state index is -0.695. The molecule has 5 N–H and O–H groups in total. The van der Waals surface area contributed by atoms with Crippen molar-refractivity contribution in [2.45, 2.75) is 38.6 Å². The third kappa shape index (κ3) is 4.11. The van der Waals surface area contributed by atoms with Crippen molar-refractivity contribution in [1.82, 2.24) is 9.55 Å². The molecule has 1 aromatic rings. The van der Waals surface area contributed by atoms with Crippen LogP contribution in [0.2, 0.25) is 0 Å². The molecule has 0 bridgehead atoms. The molecule has 2 rings (SSSR count).